The molecule has 3 aromatic heterocycles. The summed E-state index contributed by atoms with van der Waals surface area (Å²) in [6.45, 7) is 33.4. The third-order valence-corrected chi connectivity index (χ3v) is 21.0. The molecule has 12 rings (SSSR count). The van der Waals surface area contributed by atoms with E-state index in [-0.39, 0.29) is 76.4 Å². The van der Waals surface area contributed by atoms with Crippen molar-refractivity contribution in [1.29, 1.82) is 0 Å². The van der Waals surface area contributed by atoms with Crippen LogP contribution in [0.5, 0.6) is 17.2 Å². The van der Waals surface area contributed by atoms with Crippen molar-refractivity contribution < 1.29 is 43.5 Å². The number of nitrogens with zero attached hydrogens (tertiary/aromatic N) is 6. The first-order chi connectivity index (χ1) is 47.6. The summed E-state index contributed by atoms with van der Waals surface area (Å²) in [5.41, 5.74) is 16.8. The van der Waals surface area contributed by atoms with Crippen LogP contribution in [-0.2, 0) is 96.0 Å². The number of phenolic OH excluding ortho intramolecular Hbond substituents is 1. The number of benzene rings is 6. The number of fused-ring (bicyclic) bond motifs is 3. The molecule has 0 saturated heterocycles. The highest BCUT2D eigenvalue weighted by Crippen LogP contribution is 2.52. The van der Waals surface area contributed by atoms with Gasteiger partial charge in [-0.25, -0.2) is 15.0 Å². The number of carbonyl (C=O) groups excluding carboxylic acids is 2. The first kappa shape index (κ1) is 76.4. The van der Waals surface area contributed by atoms with Gasteiger partial charge in [0, 0.05) is 63.7 Å². The number of aryl methyl sites for hydroxylation is 3. The first-order valence-corrected chi connectivity index (χ1v) is 36.4. The summed E-state index contributed by atoms with van der Waals surface area (Å²) >= 11 is 3.53. The van der Waals surface area contributed by atoms with Crippen LogP contribution in [-0.4, -0.2) is 70.0 Å². The molecule has 3 aliphatic rings. The minimum atomic E-state index is -0.846. The molecule has 6 aromatic carbocycles. The highest BCUT2D eigenvalue weighted by molar-refractivity contribution is 9.08. The number of halogens is 1. The van der Waals surface area contributed by atoms with Gasteiger partial charge in [-0.15, -0.1) is 0 Å². The Bertz CT molecular complexity index is 4310. The summed E-state index contributed by atoms with van der Waals surface area (Å²) in [4.78, 5) is 48.6. The normalized spacial score (nSPS) is 16.6. The molecule has 536 valence electrons. The van der Waals surface area contributed by atoms with Gasteiger partial charge < -0.3 is 42.9 Å². The van der Waals surface area contributed by atoms with E-state index in [0.717, 1.165) is 69.4 Å². The maximum absolute atomic E-state index is 12.2. The van der Waals surface area contributed by atoms with Gasteiger partial charge in [0.1, 0.15) is 47.9 Å². The van der Waals surface area contributed by atoms with Gasteiger partial charge in [-0.3, -0.25) is 14.4 Å². The van der Waals surface area contributed by atoms with Crippen LogP contribution in [0.3, 0.4) is 0 Å². The molecule has 0 fully saturated rings. The van der Waals surface area contributed by atoms with Crippen LogP contribution < -0.4 is 9.47 Å². The van der Waals surface area contributed by atoms with E-state index in [1.807, 2.05) is 109 Å². The second kappa shape index (κ2) is 31.6. The average molecular weight is 1430 g/mol. The van der Waals surface area contributed by atoms with Crippen LogP contribution in [0, 0.1) is 0 Å². The molecular formula is C85H105BrN6O9. The first-order valence-electron chi connectivity index (χ1n) is 35.3. The lowest BCUT2D eigenvalue weighted by atomic mass is 9.82. The SMILES string of the molecule is CC1(C)CC(C)(C)c2cc(CBr)ccc21.CCOC(=O)C[C@@H](c1ccc(O)cc1)c1nccn1C.CCOC(=O)C[C@@H](c1ccc(OCc2ccc3c(c2)C(C)(C)CC3(C)C)cc1)c1nccn1C.Cn1ccnc1[C@@H](CC(=O)O)c1ccc(OCc2ccc3c(c2)C(C)(C)CC3(C)C)cc1. The van der Waals surface area contributed by atoms with Crippen molar-refractivity contribution in [2.45, 2.75) is 204 Å². The van der Waals surface area contributed by atoms with Gasteiger partial charge in [0.25, 0.3) is 0 Å². The number of hydrogen-bond acceptors (Lipinski definition) is 11. The number of carbonyl (C=O) groups is 3. The van der Waals surface area contributed by atoms with Gasteiger partial charge in [0.05, 0.1) is 50.2 Å². The predicted molar refractivity (Wildman–Crippen MR) is 404 cm³/mol. The third kappa shape index (κ3) is 18.5. The Kier molecular flexibility index (Phi) is 23.9. The number of hydrogen-bond donors (Lipinski definition) is 2. The molecule has 101 heavy (non-hydrogen) atoms. The van der Waals surface area contributed by atoms with Crippen LogP contribution in [0.1, 0.15) is 237 Å². The lowest BCUT2D eigenvalue weighted by molar-refractivity contribution is -0.144. The molecule has 0 saturated carbocycles. The molecule has 0 amide bonds. The summed E-state index contributed by atoms with van der Waals surface area (Å²) in [5, 5.41) is 19.7. The number of esters is 2. The van der Waals surface area contributed by atoms with Crippen molar-refractivity contribution in [3.63, 3.8) is 0 Å². The highest BCUT2D eigenvalue weighted by Gasteiger charge is 2.44. The second-order valence-corrected chi connectivity index (χ2v) is 31.9. The molecule has 0 spiro atoms. The summed E-state index contributed by atoms with van der Waals surface area (Å²) in [5.74, 6) is 2.16. The van der Waals surface area contributed by atoms with E-state index in [4.69, 9.17) is 18.9 Å². The van der Waals surface area contributed by atoms with E-state index in [9.17, 15) is 24.6 Å². The van der Waals surface area contributed by atoms with Gasteiger partial charge in [-0.2, -0.15) is 0 Å². The van der Waals surface area contributed by atoms with Crippen molar-refractivity contribution in [3.8, 4) is 17.2 Å². The second-order valence-electron chi connectivity index (χ2n) is 31.4. The van der Waals surface area contributed by atoms with E-state index in [1.54, 1.807) is 55.3 Å². The van der Waals surface area contributed by atoms with Crippen LogP contribution in [0.2, 0.25) is 0 Å². The fourth-order valence-electron chi connectivity index (χ4n) is 16.2. The molecule has 0 radical (unpaired) electrons. The fraction of sp³-hybridized carbons (Fsp3) is 0.435. The van der Waals surface area contributed by atoms with Crippen LogP contribution in [0.25, 0.3) is 0 Å². The van der Waals surface area contributed by atoms with E-state index >= 15 is 0 Å². The molecular weight excluding hydrogens is 1330 g/mol. The standard InChI is InChI=1S/C29H36N2O3.C27H32N2O3.C15H18N2O3.C14H19Br/c1-7-33-26(32)17-23(27-30-14-15-31(27)6)21-9-11-22(12-10-21)34-18-20-8-13-24-25(16-20)29(4,5)19-28(24,2)3;1-26(2)17-27(3,4)23-14-18(6-11-22(23)26)16-32-20-9-7-19(8-10-20)21(15-24(30)31)25-28-12-13-29(25)5;1-3-20-14(19)10-13(15-16-8-9-17(15)2)11-4-6-12(18)7-5-11;1-13(2)9-14(3,4)12-7-10(8-15)5-6-11(12)13/h8-16,23H,7,17-19H2,1-6H3;6-14,21H,15-17H2,1-5H3,(H,30,31);4-9,13,18H,3,10H2,1-2H3;5-7H,8-9H2,1-4H3/t23-;21-;13-;/m000./s1. The number of imidazole rings is 3. The third-order valence-electron chi connectivity index (χ3n) is 20.3. The Morgan fingerprint density at radius 3 is 1.03 bits per heavy atom. The van der Waals surface area contributed by atoms with E-state index < -0.39 is 5.97 Å². The van der Waals surface area contributed by atoms with Crippen molar-refractivity contribution in [3.05, 3.63) is 249 Å². The molecule has 3 atom stereocenters. The molecule has 15 nitrogen and oxygen atoms in total. The molecule has 0 aliphatic heterocycles. The van der Waals surface area contributed by atoms with E-state index in [1.165, 1.54) is 45.4 Å². The van der Waals surface area contributed by atoms with Crippen LogP contribution in [0.4, 0.5) is 0 Å². The Balaban J connectivity index is 0.000000164. The number of rotatable bonds is 21. The Morgan fingerprint density at radius 1 is 0.436 bits per heavy atom. The number of ether oxygens (including phenoxy) is 4. The maximum Gasteiger partial charge on any atom is 0.306 e. The monoisotopic (exact) mass is 1430 g/mol. The zero-order valence-corrected chi connectivity index (χ0v) is 64.0. The smallest absolute Gasteiger partial charge is 0.306 e. The number of phenols is 1. The van der Waals surface area contributed by atoms with Gasteiger partial charge in [0.15, 0.2) is 0 Å². The van der Waals surface area contributed by atoms with E-state index in [2.05, 4.69) is 169 Å². The zero-order chi connectivity index (χ0) is 73.4. The summed E-state index contributed by atoms with van der Waals surface area (Å²) < 4.78 is 28.1. The van der Waals surface area contributed by atoms with Crippen molar-refractivity contribution in [2.24, 2.45) is 21.1 Å². The molecule has 0 unspecified atom stereocenters. The average Bonchev–Trinajstić information content (AvgIpc) is 1.61. The number of carboxylic acid groups (broad SMARTS) is 1. The molecule has 9 aromatic rings. The number of aromatic hydroxyl groups is 1. The molecule has 3 heterocycles. The largest absolute Gasteiger partial charge is 0.508 e. The lowest BCUT2D eigenvalue weighted by Gasteiger charge is -2.22. The quantitative estimate of drug-likeness (QED) is 0.0514. The summed E-state index contributed by atoms with van der Waals surface area (Å²) in [6.07, 6.45) is 14.7. The zero-order valence-electron chi connectivity index (χ0n) is 62.4. The van der Waals surface area contributed by atoms with Crippen molar-refractivity contribution in [2.75, 3.05) is 13.2 Å². The van der Waals surface area contributed by atoms with Crippen LogP contribution >= 0.6 is 15.9 Å². The number of aromatic nitrogens is 6. The predicted octanol–water partition coefficient (Wildman–Crippen LogP) is 18.4. The Morgan fingerprint density at radius 2 is 0.733 bits per heavy atom. The molecule has 2 N–H and O–H groups in total. The number of aliphatic carboxylic acids is 1. The van der Waals surface area contributed by atoms with Gasteiger partial charge in [-0.05, 0) is 169 Å². The lowest BCUT2D eigenvalue weighted by Crippen LogP contribution is -2.18. The molecule has 3 aliphatic carbocycles. The highest BCUT2D eigenvalue weighted by atomic mass is 79.9. The van der Waals surface area contributed by atoms with Crippen LogP contribution in [0.15, 0.2) is 165 Å². The Hall–Kier alpha value is -8.76. The summed E-state index contributed by atoms with van der Waals surface area (Å²) in [7, 11) is 5.71. The number of carboxylic acids is 1. The van der Waals surface area contributed by atoms with Crippen molar-refractivity contribution >= 4 is 33.8 Å². The van der Waals surface area contributed by atoms with Gasteiger partial charge >= 0.3 is 17.9 Å². The van der Waals surface area contributed by atoms with Crippen molar-refractivity contribution in [1.82, 2.24) is 28.7 Å². The van der Waals surface area contributed by atoms with Gasteiger partial charge in [0.2, 0.25) is 0 Å². The molecule has 16 heteroatoms. The Labute approximate surface area is 607 Å². The van der Waals surface area contributed by atoms with E-state index in [0.29, 0.717) is 37.3 Å². The molecule has 0 bridgehead atoms. The summed E-state index contributed by atoms with van der Waals surface area (Å²) in [6, 6.07) is 42.9. The number of alkyl halides is 1. The topological polar surface area (TPSA) is 182 Å². The van der Waals surface area contributed by atoms with Gasteiger partial charge in [-0.1, -0.05) is 190 Å². The minimum absolute atomic E-state index is 0.00762. The fourth-order valence-corrected chi connectivity index (χ4v) is 16.5. The minimum Gasteiger partial charge on any atom is -0.508 e. The maximum atomic E-state index is 12.2.